The minimum atomic E-state index is -0.799. The van der Waals surface area contributed by atoms with Crippen LogP contribution >= 0.6 is 0 Å². The highest BCUT2D eigenvalue weighted by atomic mass is 16.6. The van der Waals surface area contributed by atoms with Crippen molar-refractivity contribution in [2.45, 2.75) is 25.9 Å². The zero-order chi connectivity index (χ0) is 14.5. The molecule has 1 aliphatic rings. The number of carboxylic acids is 1. The van der Waals surface area contributed by atoms with Crippen molar-refractivity contribution < 1.29 is 24.1 Å². The molecule has 1 fully saturated rings. The van der Waals surface area contributed by atoms with Crippen LogP contribution in [0.2, 0.25) is 0 Å². The minimum absolute atomic E-state index is 0.0380. The maximum absolute atomic E-state index is 10.9. The first-order chi connectivity index (χ1) is 9.60. The number of hydrogen-bond acceptors (Lipinski definition) is 4. The number of rotatable bonds is 6. The molecule has 110 valence electrons. The molecule has 1 heterocycles. The van der Waals surface area contributed by atoms with Crippen LogP contribution in [-0.4, -0.2) is 37.5 Å². The van der Waals surface area contributed by atoms with Gasteiger partial charge in [-0.25, -0.2) is 0 Å². The lowest BCUT2D eigenvalue weighted by Gasteiger charge is -2.16. The fourth-order valence-electron chi connectivity index (χ4n) is 2.17. The first kappa shape index (κ1) is 14.7. The summed E-state index contributed by atoms with van der Waals surface area (Å²) in [6.07, 6.45) is 1.37. The van der Waals surface area contributed by atoms with Crippen LogP contribution in [0.1, 0.15) is 18.9 Å². The number of benzene rings is 1. The van der Waals surface area contributed by atoms with Crippen LogP contribution < -0.4 is 9.47 Å². The van der Waals surface area contributed by atoms with E-state index in [1.807, 2.05) is 18.2 Å². The molecule has 0 saturated carbocycles. The average Bonchev–Trinajstić information content (AvgIpc) is 2.92. The molecule has 1 saturated heterocycles. The van der Waals surface area contributed by atoms with Crippen molar-refractivity contribution in [1.82, 2.24) is 0 Å². The molecule has 5 nitrogen and oxygen atoms in total. The fourth-order valence-corrected chi connectivity index (χ4v) is 2.17. The molecule has 20 heavy (non-hydrogen) atoms. The van der Waals surface area contributed by atoms with Gasteiger partial charge in [-0.2, -0.15) is 0 Å². The largest absolute Gasteiger partial charge is 0.493 e. The van der Waals surface area contributed by atoms with E-state index in [2.05, 4.69) is 0 Å². The first-order valence-corrected chi connectivity index (χ1v) is 6.74. The van der Waals surface area contributed by atoms with Crippen molar-refractivity contribution in [1.29, 1.82) is 0 Å². The molecule has 2 rings (SSSR count). The number of aliphatic carboxylic acids is 1. The molecule has 0 radical (unpaired) electrons. The van der Waals surface area contributed by atoms with Gasteiger partial charge in [0.1, 0.15) is 6.10 Å². The number of ether oxygens (including phenoxy) is 3. The maximum atomic E-state index is 10.9. The Hall–Kier alpha value is -1.75. The van der Waals surface area contributed by atoms with Gasteiger partial charge in [0.2, 0.25) is 0 Å². The van der Waals surface area contributed by atoms with Crippen molar-refractivity contribution in [2.75, 3.05) is 20.3 Å². The minimum Gasteiger partial charge on any atom is -0.493 e. The summed E-state index contributed by atoms with van der Waals surface area (Å²) in [6.45, 7) is 2.99. The highest BCUT2D eigenvalue weighted by molar-refractivity contribution is 5.70. The van der Waals surface area contributed by atoms with E-state index in [-0.39, 0.29) is 6.10 Å². The molecule has 0 spiro atoms. The smallest absolute Gasteiger partial charge is 0.306 e. The van der Waals surface area contributed by atoms with Crippen molar-refractivity contribution in [3.8, 4) is 11.5 Å². The Kier molecular flexibility index (Phi) is 4.84. The molecule has 0 amide bonds. The molecule has 1 aliphatic heterocycles. The van der Waals surface area contributed by atoms with E-state index >= 15 is 0 Å². The lowest BCUT2D eigenvalue weighted by molar-refractivity contribution is -0.141. The highest BCUT2D eigenvalue weighted by Crippen LogP contribution is 2.31. The van der Waals surface area contributed by atoms with Gasteiger partial charge in [-0.15, -0.1) is 0 Å². The zero-order valence-corrected chi connectivity index (χ0v) is 11.8. The SMILES string of the molecule is COc1ccc(CC(C)C(=O)O)cc1OC1CCOC1. The molecular weight excluding hydrogens is 260 g/mol. The third-order valence-electron chi connectivity index (χ3n) is 3.37. The quantitative estimate of drug-likeness (QED) is 0.864. The summed E-state index contributed by atoms with van der Waals surface area (Å²) < 4.78 is 16.4. The van der Waals surface area contributed by atoms with Crippen LogP contribution in [0, 0.1) is 5.92 Å². The average molecular weight is 280 g/mol. The van der Waals surface area contributed by atoms with Gasteiger partial charge in [0, 0.05) is 6.42 Å². The van der Waals surface area contributed by atoms with Gasteiger partial charge >= 0.3 is 5.97 Å². The van der Waals surface area contributed by atoms with Crippen LogP contribution in [-0.2, 0) is 16.0 Å². The van der Waals surface area contributed by atoms with Gasteiger partial charge < -0.3 is 19.3 Å². The van der Waals surface area contributed by atoms with E-state index in [1.165, 1.54) is 0 Å². The molecule has 1 N–H and O–H groups in total. The summed E-state index contributed by atoms with van der Waals surface area (Å²) in [5, 5.41) is 8.97. The second kappa shape index (κ2) is 6.61. The summed E-state index contributed by atoms with van der Waals surface area (Å²) in [5.74, 6) is 0.0836. The summed E-state index contributed by atoms with van der Waals surface area (Å²) in [5.41, 5.74) is 0.926. The van der Waals surface area contributed by atoms with E-state index < -0.39 is 11.9 Å². The van der Waals surface area contributed by atoms with E-state index in [0.717, 1.165) is 12.0 Å². The summed E-state index contributed by atoms with van der Waals surface area (Å²) >= 11 is 0. The molecule has 1 aromatic carbocycles. The molecular formula is C15H20O5. The van der Waals surface area contributed by atoms with Gasteiger partial charge in [-0.05, 0) is 24.1 Å². The van der Waals surface area contributed by atoms with Crippen LogP contribution in [0.5, 0.6) is 11.5 Å². The normalized spacial score (nSPS) is 19.6. The van der Waals surface area contributed by atoms with Crippen LogP contribution in [0.4, 0.5) is 0 Å². The standard InChI is InChI=1S/C15H20O5/c1-10(15(16)17)7-11-3-4-13(18-2)14(8-11)20-12-5-6-19-9-12/h3-4,8,10,12H,5-7,9H2,1-2H3,(H,16,17). The van der Waals surface area contributed by atoms with Gasteiger partial charge in [0.15, 0.2) is 11.5 Å². The van der Waals surface area contributed by atoms with Crippen LogP contribution in [0.25, 0.3) is 0 Å². The van der Waals surface area contributed by atoms with E-state index in [9.17, 15) is 4.79 Å². The predicted molar refractivity (Wildman–Crippen MR) is 73.3 cm³/mol. The van der Waals surface area contributed by atoms with Gasteiger partial charge in [-0.1, -0.05) is 13.0 Å². The summed E-state index contributed by atoms with van der Waals surface area (Å²) in [6, 6.07) is 5.54. The third-order valence-corrected chi connectivity index (χ3v) is 3.37. The topological polar surface area (TPSA) is 65.0 Å². The summed E-state index contributed by atoms with van der Waals surface area (Å²) in [7, 11) is 1.59. The highest BCUT2D eigenvalue weighted by Gasteiger charge is 2.20. The van der Waals surface area contributed by atoms with E-state index in [0.29, 0.717) is 31.1 Å². The first-order valence-electron chi connectivity index (χ1n) is 6.74. The molecule has 5 heteroatoms. The Morgan fingerprint density at radius 2 is 2.30 bits per heavy atom. The van der Waals surface area contributed by atoms with Gasteiger partial charge in [-0.3, -0.25) is 4.79 Å². The van der Waals surface area contributed by atoms with E-state index in [1.54, 1.807) is 14.0 Å². The zero-order valence-electron chi connectivity index (χ0n) is 11.8. The Morgan fingerprint density at radius 3 is 2.90 bits per heavy atom. The van der Waals surface area contributed by atoms with Crippen LogP contribution in [0.3, 0.4) is 0 Å². The Morgan fingerprint density at radius 1 is 1.50 bits per heavy atom. The van der Waals surface area contributed by atoms with Gasteiger partial charge in [0.25, 0.3) is 0 Å². The number of carbonyl (C=O) groups is 1. The number of hydrogen-bond donors (Lipinski definition) is 1. The second-order valence-corrected chi connectivity index (χ2v) is 5.03. The molecule has 0 aromatic heterocycles. The fraction of sp³-hybridized carbons (Fsp3) is 0.533. The molecule has 2 unspecified atom stereocenters. The van der Waals surface area contributed by atoms with Gasteiger partial charge in [0.05, 0.1) is 26.2 Å². The van der Waals surface area contributed by atoms with E-state index in [4.69, 9.17) is 19.3 Å². The van der Waals surface area contributed by atoms with Crippen molar-refractivity contribution >= 4 is 5.97 Å². The van der Waals surface area contributed by atoms with Crippen molar-refractivity contribution in [3.05, 3.63) is 23.8 Å². The van der Waals surface area contributed by atoms with Crippen molar-refractivity contribution in [3.63, 3.8) is 0 Å². The Bertz CT molecular complexity index is 465. The Balaban J connectivity index is 2.12. The predicted octanol–water partition coefficient (Wildman–Crippen LogP) is 2.13. The molecule has 2 atom stereocenters. The monoisotopic (exact) mass is 280 g/mol. The number of methoxy groups -OCH3 is 1. The van der Waals surface area contributed by atoms with Crippen molar-refractivity contribution in [2.24, 2.45) is 5.92 Å². The lowest BCUT2D eigenvalue weighted by Crippen LogP contribution is -2.16. The third kappa shape index (κ3) is 3.63. The molecule has 1 aromatic rings. The summed E-state index contributed by atoms with van der Waals surface area (Å²) in [4.78, 5) is 10.9. The Labute approximate surface area is 118 Å². The number of carboxylic acid groups (broad SMARTS) is 1. The van der Waals surface area contributed by atoms with Crippen LogP contribution in [0.15, 0.2) is 18.2 Å². The maximum Gasteiger partial charge on any atom is 0.306 e. The molecule has 0 bridgehead atoms. The molecule has 0 aliphatic carbocycles. The lowest BCUT2D eigenvalue weighted by atomic mass is 10.0. The second-order valence-electron chi connectivity index (χ2n) is 5.03.